The highest BCUT2D eigenvalue weighted by atomic mass is 19.3. The lowest BCUT2D eigenvalue weighted by Crippen LogP contribution is -2.51. The first-order chi connectivity index (χ1) is 15.6. The van der Waals surface area contributed by atoms with Crippen molar-refractivity contribution < 1.29 is 50.8 Å². The molecule has 1 aromatic rings. The Bertz CT molecular complexity index is 873. The fourth-order valence-corrected chi connectivity index (χ4v) is 3.61. The Kier molecular flexibility index (Phi) is 8.62. The highest BCUT2D eigenvalue weighted by Gasteiger charge is 2.51. The van der Waals surface area contributed by atoms with E-state index < -0.39 is 60.3 Å². The zero-order valence-electron chi connectivity index (χ0n) is 19.8. The first kappa shape index (κ1) is 27.5. The molecule has 0 aliphatic carbocycles. The highest BCUT2D eigenvalue weighted by molar-refractivity contribution is 5.70. The van der Waals surface area contributed by atoms with Crippen LogP contribution in [0.5, 0.6) is 11.5 Å². The topological polar surface area (TPSA) is 83.5 Å². The number of amides is 1. The van der Waals surface area contributed by atoms with Crippen molar-refractivity contribution in [2.24, 2.45) is 0 Å². The number of halogens is 4. The molecular formula is C22H29F4NO7. The predicted octanol–water partition coefficient (Wildman–Crippen LogP) is 4.74. The van der Waals surface area contributed by atoms with Gasteiger partial charge >= 0.3 is 25.3 Å². The van der Waals surface area contributed by atoms with E-state index in [4.69, 9.17) is 14.2 Å². The third kappa shape index (κ3) is 7.64. The normalized spacial score (nSPS) is 19.9. The minimum atomic E-state index is -3.28. The molecule has 0 aromatic heterocycles. The zero-order chi connectivity index (χ0) is 25.8. The van der Waals surface area contributed by atoms with Crippen LogP contribution in [0.3, 0.4) is 0 Å². The van der Waals surface area contributed by atoms with Gasteiger partial charge in [-0.05, 0) is 58.7 Å². The van der Waals surface area contributed by atoms with E-state index in [-0.39, 0.29) is 13.0 Å². The number of benzene rings is 1. The monoisotopic (exact) mass is 495 g/mol. The lowest BCUT2D eigenvalue weighted by molar-refractivity contribution is -0.147. The molecular weight excluding hydrogens is 466 g/mol. The molecule has 1 aromatic carbocycles. The Labute approximate surface area is 195 Å². The summed E-state index contributed by atoms with van der Waals surface area (Å²) in [4.78, 5) is 25.7. The smallest absolute Gasteiger partial charge is 0.412 e. The van der Waals surface area contributed by atoms with Crippen molar-refractivity contribution in [3.8, 4) is 11.5 Å². The van der Waals surface area contributed by atoms with Gasteiger partial charge in [0.15, 0.2) is 11.5 Å². The van der Waals surface area contributed by atoms with Crippen molar-refractivity contribution in [2.75, 3.05) is 6.61 Å². The van der Waals surface area contributed by atoms with Gasteiger partial charge in [-0.3, -0.25) is 9.69 Å². The van der Waals surface area contributed by atoms with Crippen molar-refractivity contribution in [3.05, 3.63) is 23.8 Å². The van der Waals surface area contributed by atoms with E-state index in [0.717, 1.165) is 12.1 Å². The summed E-state index contributed by atoms with van der Waals surface area (Å²) in [6, 6.07) is 2.80. The van der Waals surface area contributed by atoms with E-state index in [0.29, 0.717) is 5.56 Å². The van der Waals surface area contributed by atoms with Crippen LogP contribution in [0.25, 0.3) is 0 Å². The van der Waals surface area contributed by atoms with Gasteiger partial charge < -0.3 is 23.7 Å². The summed E-state index contributed by atoms with van der Waals surface area (Å²) in [6.07, 6.45) is -1.47. The third-order valence-corrected chi connectivity index (χ3v) is 4.71. The van der Waals surface area contributed by atoms with Crippen LogP contribution in [0.2, 0.25) is 0 Å². The highest BCUT2D eigenvalue weighted by Crippen LogP contribution is 2.37. The Morgan fingerprint density at radius 2 is 1.68 bits per heavy atom. The lowest BCUT2D eigenvalue weighted by atomic mass is 10.00. The van der Waals surface area contributed by atoms with Gasteiger partial charge in [-0.15, -0.1) is 0 Å². The van der Waals surface area contributed by atoms with Gasteiger partial charge in [-0.25, -0.2) is 4.79 Å². The average molecular weight is 495 g/mol. The second kappa shape index (κ2) is 10.7. The van der Waals surface area contributed by atoms with Gasteiger partial charge in [-0.2, -0.15) is 17.6 Å². The van der Waals surface area contributed by atoms with Crippen molar-refractivity contribution in [1.82, 2.24) is 4.90 Å². The number of carbonyl (C=O) groups excluding carboxylic acids is 2. The van der Waals surface area contributed by atoms with Gasteiger partial charge in [0.1, 0.15) is 24.0 Å². The number of hydrogen-bond acceptors (Lipinski definition) is 7. The molecule has 1 aliphatic rings. The fourth-order valence-electron chi connectivity index (χ4n) is 3.61. The first-order valence-corrected chi connectivity index (χ1v) is 10.4. The maximum atomic E-state index is 13.0. The van der Waals surface area contributed by atoms with Crippen LogP contribution in [-0.2, 0) is 25.4 Å². The number of alkyl halides is 4. The molecule has 1 amide bonds. The molecule has 0 bridgehead atoms. The SMILES string of the molecule is CC(=O)OC[C@H]1OC(C)(C)N(C(=O)OC(C)(C)C)[C@H]1Cc1ccc(OC(F)F)c(OC(F)F)c1. The van der Waals surface area contributed by atoms with Crippen molar-refractivity contribution in [2.45, 2.75) is 84.7 Å². The Morgan fingerprint density at radius 3 is 2.21 bits per heavy atom. The Balaban J connectivity index is 2.42. The van der Waals surface area contributed by atoms with Crippen LogP contribution in [0.4, 0.5) is 22.4 Å². The first-order valence-electron chi connectivity index (χ1n) is 10.4. The van der Waals surface area contributed by atoms with Crippen molar-refractivity contribution in [3.63, 3.8) is 0 Å². The molecule has 0 saturated carbocycles. The van der Waals surface area contributed by atoms with E-state index >= 15 is 0 Å². The minimum absolute atomic E-state index is 0.0170. The second-order valence-electron chi connectivity index (χ2n) is 9.07. The number of ether oxygens (including phenoxy) is 5. The van der Waals surface area contributed by atoms with Crippen LogP contribution >= 0.6 is 0 Å². The molecule has 0 unspecified atom stereocenters. The second-order valence-corrected chi connectivity index (χ2v) is 9.07. The molecule has 8 nitrogen and oxygen atoms in total. The summed E-state index contributed by atoms with van der Waals surface area (Å²) in [5.74, 6) is -1.72. The predicted molar refractivity (Wildman–Crippen MR) is 111 cm³/mol. The summed E-state index contributed by atoms with van der Waals surface area (Å²) in [5, 5.41) is 0. The standard InChI is InChI=1S/C22H29F4NO7/c1-12(28)30-11-17-14(27(22(5,6)33-17)20(29)34-21(2,3)4)9-13-7-8-15(31-18(23)24)16(10-13)32-19(25)26/h7-8,10,14,17-19H,9,11H2,1-6H3/t14-,17+/m0/s1. The summed E-state index contributed by atoms with van der Waals surface area (Å²) < 4.78 is 76.1. The number of carbonyl (C=O) groups is 2. The summed E-state index contributed by atoms with van der Waals surface area (Å²) in [5.41, 5.74) is -1.64. The Hall–Kier alpha value is -2.76. The molecule has 0 radical (unpaired) electrons. The van der Waals surface area contributed by atoms with Crippen LogP contribution in [-0.4, -0.2) is 60.3 Å². The van der Waals surface area contributed by atoms with Gasteiger partial charge in [0.25, 0.3) is 0 Å². The van der Waals surface area contributed by atoms with Gasteiger partial charge in [-0.1, -0.05) is 6.07 Å². The van der Waals surface area contributed by atoms with E-state index in [1.807, 2.05) is 0 Å². The van der Waals surface area contributed by atoms with Crippen LogP contribution < -0.4 is 9.47 Å². The lowest BCUT2D eigenvalue weighted by Gasteiger charge is -2.35. The maximum absolute atomic E-state index is 13.0. The number of esters is 1. The van der Waals surface area contributed by atoms with Crippen LogP contribution in [0, 0.1) is 0 Å². The summed E-state index contributed by atoms with van der Waals surface area (Å²) in [6.45, 7) is 2.84. The average Bonchev–Trinajstić information content (AvgIpc) is 2.89. The van der Waals surface area contributed by atoms with Crippen LogP contribution in [0.1, 0.15) is 47.1 Å². The molecule has 192 valence electrons. The third-order valence-electron chi connectivity index (χ3n) is 4.71. The van der Waals surface area contributed by atoms with Crippen molar-refractivity contribution in [1.29, 1.82) is 0 Å². The van der Waals surface area contributed by atoms with E-state index in [9.17, 15) is 27.2 Å². The van der Waals surface area contributed by atoms with Crippen LogP contribution in [0.15, 0.2) is 18.2 Å². The molecule has 1 saturated heterocycles. The van der Waals surface area contributed by atoms with Gasteiger partial charge in [0, 0.05) is 6.92 Å². The fraction of sp³-hybridized carbons (Fsp3) is 0.636. The van der Waals surface area contributed by atoms with Crippen molar-refractivity contribution >= 4 is 12.1 Å². The molecule has 1 fully saturated rings. The molecule has 12 heteroatoms. The van der Waals surface area contributed by atoms with E-state index in [1.165, 1.54) is 17.9 Å². The number of rotatable bonds is 8. The molecule has 1 heterocycles. The molecule has 2 rings (SSSR count). The zero-order valence-corrected chi connectivity index (χ0v) is 19.8. The molecule has 2 atom stereocenters. The maximum Gasteiger partial charge on any atom is 0.412 e. The van der Waals surface area contributed by atoms with E-state index in [1.54, 1.807) is 34.6 Å². The van der Waals surface area contributed by atoms with E-state index in [2.05, 4.69) is 9.47 Å². The Morgan fingerprint density at radius 1 is 1.09 bits per heavy atom. The summed E-state index contributed by atoms with van der Waals surface area (Å²) >= 11 is 0. The molecule has 34 heavy (non-hydrogen) atoms. The number of hydrogen-bond donors (Lipinski definition) is 0. The largest absolute Gasteiger partial charge is 0.463 e. The quantitative estimate of drug-likeness (QED) is 0.381. The minimum Gasteiger partial charge on any atom is -0.463 e. The molecule has 1 aliphatic heterocycles. The molecule has 0 spiro atoms. The summed E-state index contributed by atoms with van der Waals surface area (Å²) in [7, 11) is 0. The molecule has 0 N–H and O–H groups in total. The van der Waals surface area contributed by atoms with Gasteiger partial charge in [0.2, 0.25) is 0 Å². The number of nitrogens with zero attached hydrogens (tertiary/aromatic N) is 1. The van der Waals surface area contributed by atoms with Gasteiger partial charge in [0.05, 0.1) is 6.04 Å².